The third-order valence-electron chi connectivity index (χ3n) is 4.43. The average molecular weight is 419 g/mol. The first kappa shape index (κ1) is 20.4. The van der Waals surface area contributed by atoms with Gasteiger partial charge in [0.25, 0.3) is 5.56 Å². The predicted octanol–water partition coefficient (Wildman–Crippen LogP) is 4.12. The summed E-state index contributed by atoms with van der Waals surface area (Å²) < 4.78 is 1.65. The van der Waals surface area contributed by atoms with E-state index in [1.807, 2.05) is 27.7 Å². The number of phenolic OH excluding ortho intramolecular Hbond substituents is 2. The maximum absolute atomic E-state index is 13.1. The van der Waals surface area contributed by atoms with Crippen LogP contribution in [0.3, 0.4) is 0 Å². The van der Waals surface area contributed by atoms with Gasteiger partial charge in [-0.2, -0.15) is 0 Å². The number of aromatic hydroxyl groups is 2. The van der Waals surface area contributed by atoms with Gasteiger partial charge in [0.15, 0.2) is 22.4 Å². The Hall–Kier alpha value is -2.32. The van der Waals surface area contributed by atoms with Crippen molar-refractivity contribution in [2.24, 2.45) is 5.92 Å². The van der Waals surface area contributed by atoms with E-state index in [1.54, 1.807) is 4.57 Å². The number of nitrogens with zero attached hydrogens (tertiary/aromatic N) is 2. The highest BCUT2D eigenvalue weighted by Gasteiger charge is 2.19. The predicted molar refractivity (Wildman–Crippen MR) is 113 cm³/mol. The molecule has 0 unspecified atom stereocenters. The number of carbonyl (C=O) groups excluding carboxylic acids is 1. The van der Waals surface area contributed by atoms with Gasteiger partial charge < -0.3 is 10.2 Å². The molecule has 0 saturated carbocycles. The van der Waals surface area contributed by atoms with Crippen molar-refractivity contribution < 1.29 is 15.0 Å². The van der Waals surface area contributed by atoms with Crippen LogP contribution in [0.5, 0.6) is 11.5 Å². The van der Waals surface area contributed by atoms with Gasteiger partial charge in [0, 0.05) is 17.0 Å². The van der Waals surface area contributed by atoms with Crippen LogP contribution in [-0.4, -0.2) is 31.3 Å². The highest BCUT2D eigenvalue weighted by molar-refractivity contribution is 7.99. The fourth-order valence-electron chi connectivity index (χ4n) is 2.86. The first-order chi connectivity index (χ1) is 13.2. The molecule has 3 rings (SSSR count). The molecule has 0 atom stereocenters. The normalized spacial score (nSPS) is 11.5. The fourth-order valence-corrected chi connectivity index (χ4v) is 4.83. The molecule has 2 aromatic heterocycles. The van der Waals surface area contributed by atoms with Crippen LogP contribution in [0.1, 0.15) is 34.6 Å². The van der Waals surface area contributed by atoms with E-state index in [4.69, 9.17) is 0 Å². The first-order valence-electron chi connectivity index (χ1n) is 8.87. The van der Waals surface area contributed by atoms with E-state index in [9.17, 15) is 19.8 Å². The summed E-state index contributed by atoms with van der Waals surface area (Å²) in [6, 6.07) is 3.98. The Morgan fingerprint density at radius 2 is 1.96 bits per heavy atom. The topological polar surface area (TPSA) is 92.4 Å². The number of hydrogen-bond donors (Lipinski definition) is 2. The molecule has 0 spiro atoms. The second-order valence-electron chi connectivity index (χ2n) is 7.08. The minimum absolute atomic E-state index is 0.0715. The Kier molecular flexibility index (Phi) is 5.81. The molecular formula is C20H22N2O4S2. The Morgan fingerprint density at radius 1 is 1.25 bits per heavy atom. The van der Waals surface area contributed by atoms with E-state index >= 15 is 0 Å². The summed E-state index contributed by atoms with van der Waals surface area (Å²) in [6.07, 6.45) is 0. The number of benzene rings is 1. The van der Waals surface area contributed by atoms with E-state index in [1.165, 1.54) is 41.3 Å². The molecule has 0 radical (unpaired) electrons. The zero-order valence-corrected chi connectivity index (χ0v) is 17.8. The first-order valence-corrected chi connectivity index (χ1v) is 10.7. The van der Waals surface area contributed by atoms with Crippen LogP contribution in [0.4, 0.5) is 0 Å². The number of ketones is 1. The van der Waals surface area contributed by atoms with Crippen LogP contribution in [0.2, 0.25) is 0 Å². The van der Waals surface area contributed by atoms with E-state index in [0.29, 0.717) is 27.5 Å². The number of carbonyl (C=O) groups is 1. The SMILES string of the molecule is Cc1sc2nc(SCC(=O)c3ccc(O)c(O)c3)n(CC(C)C)c(=O)c2c1C. The molecule has 148 valence electrons. The van der Waals surface area contributed by atoms with Gasteiger partial charge in [-0.25, -0.2) is 4.98 Å². The van der Waals surface area contributed by atoms with Gasteiger partial charge in [0.2, 0.25) is 0 Å². The molecule has 0 amide bonds. The number of aromatic nitrogens is 2. The minimum atomic E-state index is -0.336. The summed E-state index contributed by atoms with van der Waals surface area (Å²) in [5.41, 5.74) is 1.18. The molecule has 0 fully saturated rings. The molecule has 0 aliphatic carbocycles. The van der Waals surface area contributed by atoms with Crippen molar-refractivity contribution in [2.75, 3.05) is 5.75 Å². The largest absolute Gasteiger partial charge is 0.504 e. The number of rotatable bonds is 6. The molecule has 3 aromatic rings. The lowest BCUT2D eigenvalue weighted by molar-refractivity contribution is 0.102. The van der Waals surface area contributed by atoms with Crippen molar-refractivity contribution in [3.63, 3.8) is 0 Å². The molecule has 0 aliphatic heterocycles. The third kappa shape index (κ3) is 3.93. The number of aryl methyl sites for hydroxylation is 2. The highest BCUT2D eigenvalue weighted by atomic mass is 32.2. The fraction of sp³-hybridized carbons (Fsp3) is 0.350. The van der Waals surface area contributed by atoms with Crippen molar-refractivity contribution in [3.8, 4) is 11.5 Å². The zero-order valence-electron chi connectivity index (χ0n) is 16.1. The highest BCUT2D eigenvalue weighted by Crippen LogP contribution is 2.30. The van der Waals surface area contributed by atoms with Crippen molar-refractivity contribution >= 4 is 39.1 Å². The van der Waals surface area contributed by atoms with Crippen LogP contribution in [0, 0.1) is 19.8 Å². The second kappa shape index (κ2) is 7.97. The van der Waals surface area contributed by atoms with Crippen molar-refractivity contribution in [3.05, 3.63) is 44.6 Å². The van der Waals surface area contributed by atoms with Crippen LogP contribution in [-0.2, 0) is 6.54 Å². The lowest BCUT2D eigenvalue weighted by atomic mass is 10.1. The van der Waals surface area contributed by atoms with Gasteiger partial charge in [0.1, 0.15) is 4.83 Å². The summed E-state index contributed by atoms with van der Waals surface area (Å²) in [5.74, 6) is -0.503. The Morgan fingerprint density at radius 3 is 2.61 bits per heavy atom. The van der Waals surface area contributed by atoms with Gasteiger partial charge in [-0.15, -0.1) is 11.3 Å². The number of thiophene rings is 1. The number of Topliss-reactive ketones (excluding diaryl/α,β-unsaturated/α-hetero) is 1. The quantitative estimate of drug-likeness (QED) is 0.271. The van der Waals surface area contributed by atoms with Crippen LogP contribution in [0.15, 0.2) is 28.2 Å². The monoisotopic (exact) mass is 418 g/mol. The summed E-state index contributed by atoms with van der Waals surface area (Å²) in [7, 11) is 0. The molecule has 8 heteroatoms. The molecule has 1 aromatic carbocycles. The van der Waals surface area contributed by atoms with Crippen molar-refractivity contribution in [1.82, 2.24) is 9.55 Å². The minimum Gasteiger partial charge on any atom is -0.504 e. The molecule has 2 N–H and O–H groups in total. The molecule has 0 aliphatic rings. The molecule has 6 nitrogen and oxygen atoms in total. The summed E-state index contributed by atoms with van der Waals surface area (Å²) >= 11 is 2.70. The van der Waals surface area contributed by atoms with Crippen molar-refractivity contribution in [1.29, 1.82) is 0 Å². The van der Waals surface area contributed by atoms with Gasteiger partial charge in [-0.05, 0) is 43.5 Å². The van der Waals surface area contributed by atoms with Gasteiger partial charge in [0.05, 0.1) is 11.1 Å². The lowest BCUT2D eigenvalue weighted by Crippen LogP contribution is -2.25. The Bertz CT molecular complexity index is 1120. The maximum Gasteiger partial charge on any atom is 0.263 e. The van der Waals surface area contributed by atoms with Crippen molar-refractivity contribution in [2.45, 2.75) is 39.4 Å². The molecule has 0 bridgehead atoms. The molecular weight excluding hydrogens is 396 g/mol. The summed E-state index contributed by atoms with van der Waals surface area (Å²) in [5, 5.41) is 20.2. The van der Waals surface area contributed by atoms with Gasteiger partial charge in [-0.3, -0.25) is 14.2 Å². The van der Waals surface area contributed by atoms with E-state index < -0.39 is 0 Å². The maximum atomic E-state index is 13.1. The van der Waals surface area contributed by atoms with Crippen LogP contribution >= 0.6 is 23.1 Å². The molecule has 0 saturated heterocycles. The van der Waals surface area contributed by atoms with Crippen LogP contribution < -0.4 is 5.56 Å². The lowest BCUT2D eigenvalue weighted by Gasteiger charge is -2.14. The summed E-state index contributed by atoms with van der Waals surface area (Å²) in [4.78, 5) is 32.0. The van der Waals surface area contributed by atoms with Gasteiger partial charge in [-0.1, -0.05) is 25.6 Å². The molecule has 28 heavy (non-hydrogen) atoms. The number of hydrogen-bond acceptors (Lipinski definition) is 7. The molecule has 2 heterocycles. The number of fused-ring (bicyclic) bond motifs is 1. The smallest absolute Gasteiger partial charge is 0.263 e. The zero-order chi connectivity index (χ0) is 20.6. The van der Waals surface area contributed by atoms with Crippen LogP contribution in [0.25, 0.3) is 10.2 Å². The Balaban J connectivity index is 1.96. The average Bonchev–Trinajstić information content (AvgIpc) is 2.92. The van der Waals surface area contributed by atoms with E-state index in [0.717, 1.165) is 10.4 Å². The summed E-state index contributed by atoms with van der Waals surface area (Å²) in [6.45, 7) is 8.49. The van der Waals surface area contributed by atoms with E-state index in [-0.39, 0.29) is 34.5 Å². The number of thioether (sulfide) groups is 1. The third-order valence-corrected chi connectivity index (χ3v) is 6.51. The van der Waals surface area contributed by atoms with E-state index in [2.05, 4.69) is 4.98 Å². The van der Waals surface area contributed by atoms with Gasteiger partial charge >= 0.3 is 0 Å². The second-order valence-corrected chi connectivity index (χ2v) is 9.23. The standard InChI is InChI=1S/C20H22N2O4S2/c1-10(2)8-22-19(26)17-11(3)12(4)28-18(17)21-20(22)27-9-16(25)13-5-6-14(23)15(24)7-13/h5-7,10,23-24H,8-9H2,1-4H3. The Labute approximate surface area is 170 Å². The number of phenols is 2.